The molecule has 94 valence electrons. The number of carboxylic acid groups (broad SMARTS) is 1. The summed E-state index contributed by atoms with van der Waals surface area (Å²) in [4.78, 5) is 10.2. The molecule has 17 heavy (non-hydrogen) atoms. The average Bonchev–Trinajstić information content (AvgIpc) is 2.69. The predicted molar refractivity (Wildman–Crippen MR) is 51.5 cm³/mol. The molecule has 0 aromatic carbocycles. The van der Waals surface area contributed by atoms with Gasteiger partial charge in [0.2, 0.25) is 11.8 Å². The topological polar surface area (TPSA) is 85.5 Å². The van der Waals surface area contributed by atoms with Crippen molar-refractivity contribution in [2.75, 3.05) is 13.2 Å². The number of carboxylic acids is 1. The lowest BCUT2D eigenvalue weighted by Gasteiger charge is -1.99. The van der Waals surface area contributed by atoms with Gasteiger partial charge in [0.25, 0.3) is 6.43 Å². The number of hydrogen-bond acceptors (Lipinski definition) is 5. The maximum atomic E-state index is 11.7. The molecule has 0 atom stereocenters. The molecule has 0 saturated heterocycles. The summed E-state index contributed by atoms with van der Waals surface area (Å²) in [6.07, 6.45) is -0.323. The van der Waals surface area contributed by atoms with Gasteiger partial charge in [0.15, 0.2) is 0 Å². The molecule has 1 aromatic heterocycles. The van der Waals surface area contributed by atoms with Crippen LogP contribution in [0.5, 0.6) is 0 Å². The lowest BCUT2D eigenvalue weighted by Crippen LogP contribution is -2.07. The number of ether oxygens (including phenoxy) is 1. The van der Waals surface area contributed by atoms with E-state index in [1.165, 1.54) is 0 Å². The van der Waals surface area contributed by atoms with Crippen molar-refractivity contribution in [1.29, 1.82) is 0 Å². The zero-order chi connectivity index (χ0) is 12.7. The van der Waals surface area contributed by atoms with Crippen LogP contribution in [0.15, 0.2) is 10.5 Å². The van der Waals surface area contributed by atoms with E-state index in [-0.39, 0.29) is 24.8 Å². The third kappa shape index (κ3) is 5.71. The second-order valence-electron chi connectivity index (χ2n) is 2.92. The van der Waals surface area contributed by atoms with Crippen LogP contribution >= 0.6 is 0 Å². The highest BCUT2D eigenvalue weighted by atomic mass is 19.3. The van der Waals surface area contributed by atoms with Gasteiger partial charge in [-0.25, -0.2) is 13.6 Å². The molecular formula is C9H10F2N2O4. The average molecular weight is 248 g/mol. The molecule has 0 aliphatic heterocycles. The summed E-state index contributed by atoms with van der Waals surface area (Å²) in [7, 11) is 0. The van der Waals surface area contributed by atoms with E-state index in [0.29, 0.717) is 0 Å². The minimum atomic E-state index is -2.51. The first-order valence-corrected chi connectivity index (χ1v) is 4.67. The first-order chi connectivity index (χ1) is 8.08. The Hall–Kier alpha value is -1.83. The van der Waals surface area contributed by atoms with Gasteiger partial charge in [0.1, 0.15) is 6.61 Å². The van der Waals surface area contributed by atoms with Crippen molar-refractivity contribution in [2.24, 2.45) is 0 Å². The van der Waals surface area contributed by atoms with Gasteiger partial charge >= 0.3 is 5.97 Å². The monoisotopic (exact) mass is 248 g/mol. The molecule has 0 saturated carbocycles. The summed E-state index contributed by atoms with van der Waals surface area (Å²) in [5.41, 5.74) is 0. The van der Waals surface area contributed by atoms with E-state index in [4.69, 9.17) is 9.52 Å². The van der Waals surface area contributed by atoms with Gasteiger partial charge in [-0.1, -0.05) is 0 Å². The van der Waals surface area contributed by atoms with Crippen molar-refractivity contribution < 1.29 is 27.8 Å². The SMILES string of the molecule is O=C(O)/C=C/c1nnc(CCOCC(F)F)o1. The van der Waals surface area contributed by atoms with Crippen molar-refractivity contribution in [3.8, 4) is 0 Å². The second-order valence-corrected chi connectivity index (χ2v) is 2.92. The minimum absolute atomic E-state index is 0.0363. The Morgan fingerprint density at radius 3 is 2.94 bits per heavy atom. The number of aromatic nitrogens is 2. The Labute approximate surface area is 94.9 Å². The molecule has 1 rings (SSSR count). The summed E-state index contributed by atoms with van der Waals surface area (Å²) in [5.74, 6) is -0.898. The molecule has 0 radical (unpaired) electrons. The highest BCUT2D eigenvalue weighted by molar-refractivity contribution is 5.84. The number of aliphatic carboxylic acids is 1. The molecule has 1 heterocycles. The van der Waals surface area contributed by atoms with Crippen molar-refractivity contribution >= 4 is 12.0 Å². The zero-order valence-corrected chi connectivity index (χ0v) is 8.68. The number of nitrogens with zero attached hydrogens (tertiary/aromatic N) is 2. The standard InChI is InChI=1S/C9H10F2N2O4/c10-6(11)5-16-4-3-8-13-12-7(17-8)1-2-9(14)15/h1-2,6H,3-5H2,(H,14,15)/b2-1+. The van der Waals surface area contributed by atoms with E-state index in [1.54, 1.807) is 0 Å². The maximum absolute atomic E-state index is 11.7. The molecule has 0 amide bonds. The summed E-state index contributed by atoms with van der Waals surface area (Å²) >= 11 is 0. The van der Waals surface area contributed by atoms with E-state index in [2.05, 4.69) is 14.9 Å². The number of halogens is 2. The fraction of sp³-hybridized carbons (Fsp3) is 0.444. The van der Waals surface area contributed by atoms with Crippen LogP contribution < -0.4 is 0 Å². The molecule has 0 aliphatic carbocycles. The summed E-state index contributed by atoms with van der Waals surface area (Å²) < 4.78 is 33.0. The smallest absolute Gasteiger partial charge is 0.328 e. The third-order valence-electron chi connectivity index (χ3n) is 1.56. The van der Waals surface area contributed by atoms with Crippen molar-refractivity contribution in [3.63, 3.8) is 0 Å². The van der Waals surface area contributed by atoms with Crippen LogP contribution in [0.2, 0.25) is 0 Å². The molecule has 0 bridgehead atoms. The van der Waals surface area contributed by atoms with E-state index >= 15 is 0 Å². The van der Waals surface area contributed by atoms with Crippen LogP contribution in [0.1, 0.15) is 11.8 Å². The van der Waals surface area contributed by atoms with Gasteiger partial charge in [0, 0.05) is 18.6 Å². The lowest BCUT2D eigenvalue weighted by molar-refractivity contribution is -0.131. The highest BCUT2D eigenvalue weighted by Gasteiger charge is 2.05. The first kappa shape index (κ1) is 13.2. The normalized spacial score (nSPS) is 11.5. The van der Waals surface area contributed by atoms with Crippen LogP contribution in [0.4, 0.5) is 8.78 Å². The Morgan fingerprint density at radius 2 is 2.29 bits per heavy atom. The number of alkyl halides is 2. The van der Waals surface area contributed by atoms with Crippen LogP contribution in [-0.4, -0.2) is 40.9 Å². The van der Waals surface area contributed by atoms with Crippen LogP contribution in [-0.2, 0) is 16.0 Å². The molecule has 1 aromatic rings. The van der Waals surface area contributed by atoms with Gasteiger partial charge in [0.05, 0.1) is 6.61 Å². The molecule has 0 spiro atoms. The summed E-state index contributed by atoms with van der Waals surface area (Å²) in [6.45, 7) is -0.603. The number of carbonyl (C=O) groups is 1. The molecule has 0 aliphatic rings. The van der Waals surface area contributed by atoms with Crippen molar-refractivity contribution in [3.05, 3.63) is 17.9 Å². The molecule has 6 nitrogen and oxygen atoms in total. The second kappa shape index (κ2) is 6.69. The fourth-order valence-corrected chi connectivity index (χ4v) is 0.909. The van der Waals surface area contributed by atoms with E-state index in [1.807, 2.05) is 0 Å². The molecular weight excluding hydrogens is 238 g/mol. The quantitative estimate of drug-likeness (QED) is 0.572. The summed E-state index contributed by atoms with van der Waals surface area (Å²) in [6, 6.07) is 0. The van der Waals surface area contributed by atoms with Gasteiger partial charge in [-0.2, -0.15) is 0 Å². The number of rotatable bonds is 7. The van der Waals surface area contributed by atoms with Crippen LogP contribution in [0, 0.1) is 0 Å². The molecule has 0 fully saturated rings. The molecule has 8 heteroatoms. The minimum Gasteiger partial charge on any atom is -0.478 e. The number of hydrogen-bond donors (Lipinski definition) is 1. The van der Waals surface area contributed by atoms with E-state index in [0.717, 1.165) is 12.2 Å². The Morgan fingerprint density at radius 1 is 1.53 bits per heavy atom. The van der Waals surface area contributed by atoms with Gasteiger partial charge in [-0.3, -0.25) is 0 Å². The summed E-state index contributed by atoms with van der Waals surface area (Å²) in [5, 5.41) is 15.5. The Balaban J connectivity index is 2.33. The maximum Gasteiger partial charge on any atom is 0.328 e. The highest BCUT2D eigenvalue weighted by Crippen LogP contribution is 2.03. The van der Waals surface area contributed by atoms with Gasteiger partial charge in [-0.05, 0) is 0 Å². The zero-order valence-electron chi connectivity index (χ0n) is 8.68. The fourth-order valence-electron chi connectivity index (χ4n) is 0.909. The van der Waals surface area contributed by atoms with E-state index < -0.39 is 19.0 Å². The van der Waals surface area contributed by atoms with Crippen LogP contribution in [0.3, 0.4) is 0 Å². The van der Waals surface area contributed by atoms with Crippen LogP contribution in [0.25, 0.3) is 6.08 Å². The van der Waals surface area contributed by atoms with Gasteiger partial charge in [-0.15, -0.1) is 10.2 Å². The predicted octanol–water partition coefficient (Wildman–Crippen LogP) is 0.992. The van der Waals surface area contributed by atoms with Crippen molar-refractivity contribution in [2.45, 2.75) is 12.8 Å². The molecule has 1 N–H and O–H groups in total. The third-order valence-corrected chi connectivity index (χ3v) is 1.56. The molecule has 0 unspecified atom stereocenters. The van der Waals surface area contributed by atoms with E-state index in [9.17, 15) is 13.6 Å². The Kier molecular flexibility index (Phi) is 5.21. The van der Waals surface area contributed by atoms with Crippen molar-refractivity contribution in [1.82, 2.24) is 10.2 Å². The largest absolute Gasteiger partial charge is 0.478 e. The lowest BCUT2D eigenvalue weighted by atomic mass is 10.4. The first-order valence-electron chi connectivity index (χ1n) is 4.67. The Bertz CT molecular complexity index is 392. The van der Waals surface area contributed by atoms with Gasteiger partial charge < -0.3 is 14.3 Å².